The van der Waals surface area contributed by atoms with Gasteiger partial charge < -0.3 is 11.6 Å². The third kappa shape index (κ3) is 33.4. The fourth-order valence-corrected chi connectivity index (χ4v) is 0. The van der Waals surface area contributed by atoms with E-state index in [1.165, 1.54) is 0 Å². The monoisotopic (exact) mass is 416 g/mol. The molecule has 0 bridgehead atoms. The summed E-state index contributed by atoms with van der Waals surface area (Å²) >= 11 is 0. The third-order valence-corrected chi connectivity index (χ3v) is 0. The molecule has 0 fully saturated rings. The molecule has 0 aliphatic carbocycles. The van der Waals surface area contributed by atoms with Crippen LogP contribution in [0.2, 0.25) is 0 Å². The number of halogens is 1. The molecule has 0 aliphatic rings. The molecule has 0 spiro atoms. The molecule has 3 radical (unpaired) electrons. The fraction of sp³-hybridized carbons (Fsp3) is 0. The predicted octanol–water partition coefficient (Wildman–Crippen LogP) is -0.247. The van der Waals surface area contributed by atoms with E-state index >= 15 is 0 Å². The van der Waals surface area contributed by atoms with Crippen LogP contribution in [0.4, 0.5) is 4.70 Å². The van der Waals surface area contributed by atoms with Gasteiger partial charge >= 0.3 is 0 Å². The first kappa shape index (κ1) is 102. The van der Waals surface area contributed by atoms with Gasteiger partial charge in [-0.25, -0.2) is 0 Å². The molecule has 33 valence electrons. The molecule has 0 heterocycles. The Balaban J connectivity index is 0. The maximum atomic E-state index is 0. The van der Waals surface area contributed by atoms with Crippen LogP contribution < -0.4 is 6.15 Å². The largest absolute Gasteiger partial charge is 0.412 e. The van der Waals surface area contributed by atoms with Gasteiger partial charge in [0.1, 0.15) is 0 Å². The van der Waals surface area contributed by atoms with Gasteiger partial charge in [-0.05, 0) is 0 Å². The van der Waals surface area contributed by atoms with E-state index in [0.29, 0.717) is 0 Å². The minimum Gasteiger partial charge on any atom is -0.412 e. The Morgan fingerprint density at radius 1 is 0.800 bits per heavy atom. The number of hydrogen-bond acceptors (Lipinski definition) is 1. The molecule has 0 aromatic heterocycles. The Bertz CT molecular complexity index is 9.61. The zero-order valence-corrected chi connectivity index (χ0v) is 8.91. The Morgan fingerprint density at radius 3 is 0.800 bits per heavy atom. The van der Waals surface area contributed by atoms with E-state index in [0.717, 1.165) is 0 Å². The van der Waals surface area contributed by atoms with Crippen LogP contribution in [0.5, 0.6) is 0 Å². The van der Waals surface area contributed by atoms with Gasteiger partial charge in [0.05, 0.1) is 0 Å². The van der Waals surface area contributed by atoms with Gasteiger partial charge in [0.15, 0.2) is 0 Å². The van der Waals surface area contributed by atoms with Crippen molar-refractivity contribution >= 4 is 0 Å². The summed E-state index contributed by atoms with van der Waals surface area (Å²) in [4.78, 5) is 0. The van der Waals surface area contributed by atoms with Gasteiger partial charge in [0.25, 0.3) is 0 Å². The smallest absolute Gasteiger partial charge is 0 e. The van der Waals surface area contributed by atoms with Crippen molar-refractivity contribution in [3.8, 4) is 0 Å². The Hall–Kier alpha value is 1.33. The maximum Gasteiger partial charge on any atom is 0 e. The topological polar surface area (TPSA) is 66.5 Å². The molecule has 0 unspecified atom stereocenters. The first-order chi connectivity index (χ1) is 0. The Labute approximate surface area is 61.0 Å². The SMILES string of the molecule is N.O.[F].[Ta].[Ta]. The van der Waals surface area contributed by atoms with Gasteiger partial charge in [-0.2, -0.15) is 0 Å². The maximum absolute atomic E-state index is 0. The van der Waals surface area contributed by atoms with Crippen molar-refractivity contribution in [2.45, 2.75) is 0 Å². The second-order valence-electron chi connectivity index (χ2n) is 0. The third-order valence-electron chi connectivity index (χ3n) is 0. The van der Waals surface area contributed by atoms with E-state index in [2.05, 4.69) is 0 Å². The summed E-state index contributed by atoms with van der Waals surface area (Å²) in [5.41, 5.74) is 0. The van der Waals surface area contributed by atoms with Crippen LogP contribution in [-0.4, -0.2) is 5.48 Å². The molecule has 0 aromatic rings. The van der Waals surface area contributed by atoms with E-state index in [1.54, 1.807) is 0 Å². The van der Waals surface area contributed by atoms with Crippen LogP contribution in [0, 0.1) is 0 Å². The van der Waals surface area contributed by atoms with Crippen LogP contribution in [0.15, 0.2) is 0 Å². The van der Waals surface area contributed by atoms with Crippen molar-refractivity contribution in [3.05, 3.63) is 0 Å². The zero-order valence-electron chi connectivity index (χ0n) is 2.48. The van der Waals surface area contributed by atoms with Crippen molar-refractivity contribution in [2.75, 3.05) is 0 Å². The summed E-state index contributed by atoms with van der Waals surface area (Å²) in [5.74, 6) is 0. The normalized spacial score (nSPS) is 0. The molecule has 2 nitrogen and oxygen atoms in total. The number of rotatable bonds is 0. The van der Waals surface area contributed by atoms with Gasteiger partial charge in [0, 0.05) is 49.5 Å². The fourth-order valence-electron chi connectivity index (χ4n) is 0. The molecule has 0 rings (SSSR count). The van der Waals surface area contributed by atoms with Crippen LogP contribution in [0.25, 0.3) is 0 Å². The molecule has 5 heteroatoms. The first-order valence-corrected chi connectivity index (χ1v) is 0. The second-order valence-corrected chi connectivity index (χ2v) is 0. The second kappa shape index (κ2) is 56.5. The molecular weight excluding hydrogens is 411 g/mol. The summed E-state index contributed by atoms with van der Waals surface area (Å²) in [5, 5.41) is 0. The average molecular weight is 416 g/mol. The summed E-state index contributed by atoms with van der Waals surface area (Å²) in [6.45, 7) is 0. The molecule has 5 N–H and O–H groups in total. The minimum absolute atomic E-state index is 0. The zero-order chi connectivity index (χ0) is 0. The predicted molar refractivity (Wildman–Crippen MR) is 9.74 cm³/mol. The van der Waals surface area contributed by atoms with Crippen molar-refractivity contribution in [1.82, 2.24) is 6.15 Å². The molecule has 5 heavy (non-hydrogen) atoms. The number of hydrogen-bond donors (Lipinski definition) is 1. The molecule has 0 aromatic carbocycles. The van der Waals surface area contributed by atoms with Crippen molar-refractivity contribution in [3.63, 3.8) is 0 Å². The van der Waals surface area contributed by atoms with Crippen LogP contribution >= 0.6 is 0 Å². The Kier molecular flexibility index (Phi) is 1150. The molecule has 0 atom stereocenters. The molecule has 0 aliphatic heterocycles. The molecule has 0 saturated carbocycles. The average Bonchev–Trinajstić information content (AvgIpc) is 0. The van der Waals surface area contributed by atoms with Gasteiger partial charge in [-0.1, -0.05) is 0 Å². The first-order valence-electron chi connectivity index (χ1n) is 0. The molecule has 0 saturated heterocycles. The van der Waals surface area contributed by atoms with Crippen molar-refractivity contribution in [2.24, 2.45) is 0 Å². The van der Waals surface area contributed by atoms with Crippen LogP contribution in [-0.2, 0) is 44.8 Å². The van der Waals surface area contributed by atoms with Crippen LogP contribution in [0.1, 0.15) is 0 Å². The summed E-state index contributed by atoms with van der Waals surface area (Å²) in [6, 6.07) is 0. The van der Waals surface area contributed by atoms with E-state index in [4.69, 9.17) is 0 Å². The van der Waals surface area contributed by atoms with Gasteiger partial charge in [-0.3, -0.25) is 0 Å². The molecule has 0 amide bonds. The quantitative estimate of drug-likeness (QED) is 0.582. The molecular formula is H5FNOTa2. The van der Waals surface area contributed by atoms with E-state index < -0.39 is 0 Å². The minimum atomic E-state index is 0. The van der Waals surface area contributed by atoms with Crippen molar-refractivity contribution < 1.29 is 54.9 Å². The van der Waals surface area contributed by atoms with Crippen LogP contribution in [0.3, 0.4) is 0 Å². The summed E-state index contributed by atoms with van der Waals surface area (Å²) in [6.07, 6.45) is 0. The van der Waals surface area contributed by atoms with E-state index in [1.807, 2.05) is 0 Å². The van der Waals surface area contributed by atoms with Gasteiger partial charge in [-0.15, -0.1) is 0 Å². The van der Waals surface area contributed by atoms with Crippen molar-refractivity contribution in [1.29, 1.82) is 0 Å². The summed E-state index contributed by atoms with van der Waals surface area (Å²) < 4.78 is 0. The van der Waals surface area contributed by atoms with E-state index in [-0.39, 0.29) is 61.1 Å². The standard InChI is InChI=1S/F.H3N.H2O.2Ta/h;1H3;1H2;;. The Morgan fingerprint density at radius 2 is 0.800 bits per heavy atom. The van der Waals surface area contributed by atoms with Gasteiger partial charge in [0.2, 0.25) is 0 Å². The summed E-state index contributed by atoms with van der Waals surface area (Å²) in [7, 11) is 0. The van der Waals surface area contributed by atoms with E-state index in [9.17, 15) is 0 Å².